The van der Waals surface area contributed by atoms with E-state index < -0.39 is 11.5 Å². The molecule has 5 heteroatoms. The highest BCUT2D eigenvalue weighted by Gasteiger charge is 2.50. The largest absolute Gasteiger partial charge is 0.494 e. The van der Waals surface area contributed by atoms with Gasteiger partial charge in [0.1, 0.15) is 5.75 Å². The summed E-state index contributed by atoms with van der Waals surface area (Å²) in [6.45, 7) is 2.86. The first-order chi connectivity index (χ1) is 15.0. The molecule has 1 aliphatic rings. The normalized spacial score (nSPS) is 17.5. The first-order valence-corrected chi connectivity index (χ1v) is 10.5. The van der Waals surface area contributed by atoms with Gasteiger partial charge < -0.3 is 14.7 Å². The molecule has 3 aromatic carbocycles. The van der Waals surface area contributed by atoms with Gasteiger partial charge in [-0.05, 0) is 49.2 Å². The Labute approximate surface area is 181 Å². The summed E-state index contributed by atoms with van der Waals surface area (Å²) in [5.74, 6) is -0.0744. The van der Waals surface area contributed by atoms with E-state index in [1.54, 1.807) is 41.3 Å². The highest BCUT2D eigenvalue weighted by Crippen LogP contribution is 2.42. The van der Waals surface area contributed by atoms with Crippen LogP contribution in [-0.2, 0) is 16.8 Å². The molecule has 1 atom stereocenters. The molecule has 0 radical (unpaired) electrons. The summed E-state index contributed by atoms with van der Waals surface area (Å²) in [4.78, 5) is 27.9. The van der Waals surface area contributed by atoms with Crippen molar-refractivity contribution in [1.29, 1.82) is 0 Å². The molecule has 5 nitrogen and oxygen atoms in total. The van der Waals surface area contributed by atoms with Crippen molar-refractivity contribution in [3.63, 3.8) is 0 Å². The Bertz CT molecular complexity index is 1080. The molecule has 4 rings (SSSR count). The first kappa shape index (κ1) is 20.8. The molecule has 0 spiro atoms. The Balaban J connectivity index is 1.56. The van der Waals surface area contributed by atoms with Crippen molar-refractivity contribution in [1.82, 2.24) is 0 Å². The van der Waals surface area contributed by atoms with Crippen LogP contribution in [0.1, 0.15) is 34.8 Å². The summed E-state index contributed by atoms with van der Waals surface area (Å²) in [5, 5.41) is 11.4. The standard InChI is InChI=1S/C26H25NO4/c1-2-31-21-14-12-20(13-15-21)24(28)18-26(30)22-10-6-7-11-23(22)27(25(26)29)17-16-19-8-4-3-5-9-19/h3-15,30H,2,16-18H2,1H3/t26-/m1/s1. The molecule has 158 valence electrons. The summed E-state index contributed by atoms with van der Waals surface area (Å²) in [6.07, 6.45) is 0.350. The van der Waals surface area contributed by atoms with E-state index in [1.165, 1.54) is 0 Å². The van der Waals surface area contributed by atoms with Gasteiger partial charge in [0, 0.05) is 17.7 Å². The second-order valence-corrected chi connectivity index (χ2v) is 7.63. The molecule has 1 aliphatic heterocycles. The lowest BCUT2D eigenvalue weighted by atomic mass is 9.88. The number of anilines is 1. The SMILES string of the molecule is CCOc1ccc(C(=O)C[C@]2(O)C(=O)N(CCc3ccccc3)c3ccccc32)cc1. The van der Waals surface area contributed by atoms with Gasteiger partial charge in [0.2, 0.25) is 0 Å². The lowest BCUT2D eigenvalue weighted by Gasteiger charge is -2.23. The maximum atomic E-state index is 13.3. The van der Waals surface area contributed by atoms with E-state index in [0.717, 1.165) is 5.56 Å². The number of Topliss-reactive ketones (excluding diaryl/α,β-unsaturated/α-hetero) is 1. The van der Waals surface area contributed by atoms with Crippen LogP contribution in [0.3, 0.4) is 0 Å². The van der Waals surface area contributed by atoms with Gasteiger partial charge in [-0.3, -0.25) is 9.59 Å². The number of carbonyl (C=O) groups is 2. The molecule has 0 saturated carbocycles. The van der Waals surface area contributed by atoms with Crippen LogP contribution in [-0.4, -0.2) is 29.9 Å². The molecular weight excluding hydrogens is 390 g/mol. The Morgan fingerprint density at radius 1 is 0.968 bits per heavy atom. The van der Waals surface area contributed by atoms with E-state index in [-0.39, 0.29) is 12.2 Å². The van der Waals surface area contributed by atoms with E-state index in [4.69, 9.17) is 4.74 Å². The van der Waals surface area contributed by atoms with Crippen LogP contribution in [0.2, 0.25) is 0 Å². The maximum absolute atomic E-state index is 13.3. The zero-order valence-corrected chi connectivity index (χ0v) is 17.5. The number of fused-ring (bicyclic) bond motifs is 1. The van der Waals surface area contributed by atoms with Gasteiger partial charge in [0.05, 0.1) is 18.7 Å². The monoisotopic (exact) mass is 415 g/mol. The second-order valence-electron chi connectivity index (χ2n) is 7.63. The Kier molecular flexibility index (Phi) is 5.87. The van der Waals surface area contributed by atoms with Crippen LogP contribution in [0.25, 0.3) is 0 Å². The summed E-state index contributed by atoms with van der Waals surface area (Å²) >= 11 is 0. The quantitative estimate of drug-likeness (QED) is 0.562. The van der Waals surface area contributed by atoms with E-state index in [0.29, 0.717) is 42.1 Å². The van der Waals surface area contributed by atoms with Crippen molar-refractivity contribution in [2.75, 3.05) is 18.1 Å². The van der Waals surface area contributed by atoms with E-state index >= 15 is 0 Å². The number of para-hydroxylation sites is 1. The van der Waals surface area contributed by atoms with Gasteiger partial charge in [0.15, 0.2) is 11.4 Å². The van der Waals surface area contributed by atoms with Gasteiger partial charge in [-0.15, -0.1) is 0 Å². The molecule has 0 aromatic heterocycles. The number of ketones is 1. The third-order valence-corrected chi connectivity index (χ3v) is 5.61. The summed E-state index contributed by atoms with van der Waals surface area (Å²) in [6, 6.07) is 23.8. The van der Waals surface area contributed by atoms with Gasteiger partial charge in [-0.2, -0.15) is 0 Å². The average Bonchev–Trinajstić information content (AvgIpc) is 3.00. The molecule has 0 saturated heterocycles. The molecular formula is C26H25NO4. The number of rotatable bonds is 8. The fourth-order valence-corrected chi connectivity index (χ4v) is 4.02. The Morgan fingerprint density at radius 2 is 1.65 bits per heavy atom. The fourth-order valence-electron chi connectivity index (χ4n) is 4.02. The number of nitrogens with zero attached hydrogens (tertiary/aromatic N) is 1. The van der Waals surface area contributed by atoms with Gasteiger partial charge in [-0.1, -0.05) is 48.5 Å². The van der Waals surface area contributed by atoms with Crippen molar-refractivity contribution in [2.45, 2.75) is 25.4 Å². The number of amides is 1. The van der Waals surface area contributed by atoms with Crippen molar-refractivity contribution in [2.24, 2.45) is 0 Å². The van der Waals surface area contributed by atoms with Gasteiger partial charge in [0.25, 0.3) is 5.91 Å². The summed E-state index contributed by atoms with van der Waals surface area (Å²) in [7, 11) is 0. The number of hydrogen-bond donors (Lipinski definition) is 1. The highest BCUT2D eigenvalue weighted by molar-refractivity contribution is 6.10. The van der Waals surface area contributed by atoms with Crippen molar-refractivity contribution < 1.29 is 19.4 Å². The first-order valence-electron chi connectivity index (χ1n) is 10.5. The Morgan fingerprint density at radius 3 is 2.35 bits per heavy atom. The second kappa shape index (κ2) is 8.74. The van der Waals surface area contributed by atoms with Crippen LogP contribution in [0.5, 0.6) is 5.75 Å². The number of carbonyl (C=O) groups excluding carboxylic acids is 2. The van der Waals surface area contributed by atoms with E-state index in [2.05, 4.69) is 0 Å². The summed E-state index contributed by atoms with van der Waals surface area (Å²) in [5.41, 5.74) is 0.805. The van der Waals surface area contributed by atoms with Crippen molar-refractivity contribution in [3.8, 4) is 5.75 Å². The van der Waals surface area contributed by atoms with Crippen LogP contribution < -0.4 is 9.64 Å². The zero-order chi connectivity index (χ0) is 21.8. The lowest BCUT2D eigenvalue weighted by Crippen LogP contribution is -2.42. The minimum absolute atomic E-state index is 0.293. The molecule has 1 N–H and O–H groups in total. The van der Waals surface area contributed by atoms with Crippen molar-refractivity contribution >= 4 is 17.4 Å². The zero-order valence-electron chi connectivity index (χ0n) is 17.5. The maximum Gasteiger partial charge on any atom is 0.264 e. The smallest absolute Gasteiger partial charge is 0.264 e. The number of ether oxygens (including phenoxy) is 1. The number of aliphatic hydroxyl groups is 1. The lowest BCUT2D eigenvalue weighted by molar-refractivity contribution is -0.135. The third-order valence-electron chi connectivity index (χ3n) is 5.61. The van der Waals surface area contributed by atoms with Gasteiger partial charge in [-0.25, -0.2) is 0 Å². The van der Waals surface area contributed by atoms with E-state index in [1.807, 2.05) is 49.4 Å². The van der Waals surface area contributed by atoms with E-state index in [9.17, 15) is 14.7 Å². The molecule has 0 aliphatic carbocycles. The molecule has 1 amide bonds. The highest BCUT2D eigenvalue weighted by atomic mass is 16.5. The molecule has 0 fully saturated rings. The third kappa shape index (κ3) is 4.09. The minimum Gasteiger partial charge on any atom is -0.494 e. The van der Waals surface area contributed by atoms with Crippen molar-refractivity contribution in [3.05, 3.63) is 95.6 Å². The predicted molar refractivity (Wildman–Crippen MR) is 119 cm³/mol. The van der Waals surface area contributed by atoms with Gasteiger partial charge >= 0.3 is 0 Å². The average molecular weight is 415 g/mol. The Hall–Kier alpha value is -3.44. The number of benzene rings is 3. The molecule has 0 unspecified atom stereocenters. The predicted octanol–water partition coefficient (Wildman–Crippen LogP) is 4.14. The fraction of sp³-hybridized carbons (Fsp3) is 0.231. The molecule has 1 heterocycles. The van der Waals surface area contributed by atoms with Crippen LogP contribution in [0, 0.1) is 0 Å². The van der Waals surface area contributed by atoms with Crippen LogP contribution in [0.15, 0.2) is 78.9 Å². The van der Waals surface area contributed by atoms with Crippen LogP contribution >= 0.6 is 0 Å². The molecule has 3 aromatic rings. The van der Waals surface area contributed by atoms with Crippen LogP contribution in [0.4, 0.5) is 5.69 Å². The minimum atomic E-state index is -1.87. The molecule has 0 bridgehead atoms. The summed E-state index contributed by atoms with van der Waals surface area (Å²) < 4.78 is 5.41. The number of hydrogen-bond acceptors (Lipinski definition) is 4. The topological polar surface area (TPSA) is 66.8 Å². The molecule has 31 heavy (non-hydrogen) atoms.